The molecule has 1 heterocycles. The van der Waals surface area contributed by atoms with Gasteiger partial charge in [-0.25, -0.2) is 0 Å². The minimum atomic E-state index is -0.867. The maximum absolute atomic E-state index is 11.3. The van der Waals surface area contributed by atoms with Gasteiger partial charge < -0.3 is 9.63 Å². The fourth-order valence-electron chi connectivity index (χ4n) is 2.83. The van der Waals surface area contributed by atoms with Gasteiger partial charge in [0, 0.05) is 22.6 Å². The van der Waals surface area contributed by atoms with E-state index in [1.807, 2.05) is 12.1 Å². The molecule has 22 heavy (non-hydrogen) atoms. The Kier molecular flexibility index (Phi) is 3.86. The highest BCUT2D eigenvalue weighted by atomic mass is 35.5. The standard InChI is InChI=1S/C16H13ClN2O3/c17-12-5-3-9(4-6-12)15-14-11(8-18)2-1-10(16(20)21)7-13(14)22-19-15/h3-6,10-11H,1-2,7H2,(H,20,21)/t10-,11-/m0/s1. The van der Waals surface area contributed by atoms with Crippen molar-refractivity contribution in [3.8, 4) is 17.3 Å². The van der Waals surface area contributed by atoms with E-state index in [1.54, 1.807) is 12.1 Å². The number of carboxylic acid groups (broad SMARTS) is 1. The Morgan fingerprint density at radius 2 is 2.09 bits per heavy atom. The molecule has 2 aromatic rings. The molecular formula is C16H13ClN2O3. The predicted molar refractivity (Wildman–Crippen MR) is 79.4 cm³/mol. The lowest BCUT2D eigenvalue weighted by molar-refractivity contribution is -0.142. The van der Waals surface area contributed by atoms with Crippen LogP contribution in [0.5, 0.6) is 0 Å². The Balaban J connectivity index is 2.07. The van der Waals surface area contributed by atoms with Gasteiger partial charge in [-0.1, -0.05) is 28.9 Å². The van der Waals surface area contributed by atoms with E-state index in [9.17, 15) is 15.2 Å². The molecule has 0 bridgehead atoms. The minimum Gasteiger partial charge on any atom is -0.481 e. The third kappa shape index (κ3) is 2.58. The summed E-state index contributed by atoms with van der Waals surface area (Å²) in [5.74, 6) is -1.31. The first-order valence-corrected chi connectivity index (χ1v) is 7.34. The van der Waals surface area contributed by atoms with Crippen LogP contribution in [0.3, 0.4) is 0 Å². The van der Waals surface area contributed by atoms with Crippen LogP contribution in [0.4, 0.5) is 0 Å². The van der Waals surface area contributed by atoms with Gasteiger partial charge in [-0.2, -0.15) is 5.26 Å². The van der Waals surface area contributed by atoms with Gasteiger partial charge in [-0.15, -0.1) is 0 Å². The summed E-state index contributed by atoms with van der Waals surface area (Å²) in [6.45, 7) is 0. The Bertz CT molecular complexity index is 746. The molecule has 1 aromatic carbocycles. The summed E-state index contributed by atoms with van der Waals surface area (Å²) in [6.07, 6.45) is 1.21. The summed E-state index contributed by atoms with van der Waals surface area (Å²) in [5.41, 5.74) is 2.13. The zero-order valence-electron chi connectivity index (χ0n) is 11.6. The normalized spacial score (nSPS) is 20.7. The summed E-state index contributed by atoms with van der Waals surface area (Å²) < 4.78 is 5.37. The highest BCUT2D eigenvalue weighted by molar-refractivity contribution is 6.30. The van der Waals surface area contributed by atoms with Gasteiger partial charge in [-0.05, 0) is 25.0 Å². The monoisotopic (exact) mass is 316 g/mol. The second-order valence-electron chi connectivity index (χ2n) is 5.37. The quantitative estimate of drug-likeness (QED) is 0.855. The Labute approximate surface area is 132 Å². The average molecular weight is 317 g/mol. The van der Waals surface area contributed by atoms with Gasteiger partial charge in [0.05, 0.1) is 17.9 Å². The van der Waals surface area contributed by atoms with Gasteiger partial charge in [0.2, 0.25) is 0 Å². The van der Waals surface area contributed by atoms with Crippen molar-refractivity contribution in [1.82, 2.24) is 5.16 Å². The van der Waals surface area contributed by atoms with Gasteiger partial charge in [0.15, 0.2) is 0 Å². The summed E-state index contributed by atoms with van der Waals surface area (Å²) in [5, 5.41) is 23.4. The van der Waals surface area contributed by atoms with E-state index in [0.29, 0.717) is 34.9 Å². The van der Waals surface area contributed by atoms with Crippen molar-refractivity contribution in [3.63, 3.8) is 0 Å². The number of hydrogen-bond donors (Lipinski definition) is 1. The van der Waals surface area contributed by atoms with E-state index < -0.39 is 17.8 Å². The summed E-state index contributed by atoms with van der Waals surface area (Å²) in [7, 11) is 0. The molecular weight excluding hydrogens is 304 g/mol. The van der Waals surface area contributed by atoms with Crippen LogP contribution in [-0.4, -0.2) is 16.2 Å². The molecule has 5 nitrogen and oxygen atoms in total. The summed E-state index contributed by atoms with van der Waals surface area (Å²) in [4.78, 5) is 11.3. The molecule has 1 N–H and O–H groups in total. The molecule has 1 aliphatic rings. The number of carbonyl (C=O) groups is 1. The predicted octanol–water partition coefficient (Wildman–Crippen LogP) is 3.64. The van der Waals surface area contributed by atoms with E-state index >= 15 is 0 Å². The molecule has 1 aromatic heterocycles. The lowest BCUT2D eigenvalue weighted by Gasteiger charge is -2.08. The molecule has 3 rings (SSSR count). The second-order valence-corrected chi connectivity index (χ2v) is 5.81. The molecule has 0 saturated carbocycles. The van der Waals surface area contributed by atoms with Crippen molar-refractivity contribution < 1.29 is 14.4 Å². The number of hydrogen-bond acceptors (Lipinski definition) is 4. The fraction of sp³-hybridized carbons (Fsp3) is 0.312. The maximum Gasteiger partial charge on any atom is 0.306 e. The molecule has 0 saturated heterocycles. The van der Waals surface area contributed by atoms with Crippen molar-refractivity contribution in [2.75, 3.05) is 0 Å². The van der Waals surface area contributed by atoms with Gasteiger partial charge in [0.1, 0.15) is 11.5 Å². The Morgan fingerprint density at radius 3 is 2.73 bits per heavy atom. The highest BCUT2D eigenvalue weighted by Gasteiger charge is 2.33. The molecule has 6 heteroatoms. The number of nitriles is 1. The molecule has 0 aliphatic heterocycles. The number of rotatable bonds is 2. The number of nitrogens with zero attached hydrogens (tertiary/aromatic N) is 2. The van der Waals surface area contributed by atoms with Crippen LogP contribution in [0, 0.1) is 17.2 Å². The SMILES string of the molecule is N#C[C@@H]1CC[C@H](C(=O)O)Cc2onc(-c3ccc(Cl)cc3)c21. The minimum absolute atomic E-state index is 0.267. The van der Waals surface area contributed by atoms with Crippen molar-refractivity contribution in [2.45, 2.75) is 25.2 Å². The van der Waals surface area contributed by atoms with Crippen LogP contribution in [-0.2, 0) is 11.2 Å². The second kappa shape index (κ2) is 5.82. The zero-order valence-corrected chi connectivity index (χ0v) is 12.4. The Hall–Kier alpha value is -2.32. The first-order valence-electron chi connectivity index (χ1n) is 6.97. The summed E-state index contributed by atoms with van der Waals surface area (Å²) >= 11 is 5.89. The topological polar surface area (TPSA) is 87.1 Å². The molecule has 0 amide bonds. The Morgan fingerprint density at radius 1 is 1.36 bits per heavy atom. The number of aromatic nitrogens is 1. The average Bonchev–Trinajstić information content (AvgIpc) is 2.82. The van der Waals surface area contributed by atoms with E-state index in [2.05, 4.69) is 11.2 Å². The van der Waals surface area contributed by atoms with Crippen molar-refractivity contribution in [1.29, 1.82) is 5.26 Å². The van der Waals surface area contributed by atoms with Gasteiger partial charge >= 0.3 is 5.97 Å². The molecule has 0 fully saturated rings. The van der Waals surface area contributed by atoms with Crippen molar-refractivity contribution in [2.24, 2.45) is 5.92 Å². The zero-order chi connectivity index (χ0) is 15.7. The lowest BCUT2D eigenvalue weighted by atomic mass is 9.93. The third-order valence-electron chi connectivity index (χ3n) is 4.01. The molecule has 1 aliphatic carbocycles. The molecule has 112 valence electrons. The lowest BCUT2D eigenvalue weighted by Crippen LogP contribution is -2.15. The summed E-state index contributed by atoms with van der Waals surface area (Å²) in [6, 6.07) is 9.37. The number of benzene rings is 1. The fourth-order valence-corrected chi connectivity index (χ4v) is 2.96. The van der Waals surface area contributed by atoms with Crippen LogP contribution >= 0.6 is 11.6 Å². The first-order chi connectivity index (χ1) is 10.6. The molecule has 0 unspecified atom stereocenters. The molecule has 0 spiro atoms. The maximum atomic E-state index is 11.3. The van der Waals surface area contributed by atoms with Crippen LogP contribution in [0.25, 0.3) is 11.3 Å². The van der Waals surface area contributed by atoms with Crippen LogP contribution in [0.1, 0.15) is 30.1 Å². The van der Waals surface area contributed by atoms with E-state index in [1.165, 1.54) is 0 Å². The van der Waals surface area contributed by atoms with E-state index in [-0.39, 0.29) is 6.42 Å². The largest absolute Gasteiger partial charge is 0.481 e. The van der Waals surface area contributed by atoms with Crippen LogP contribution in [0.2, 0.25) is 5.02 Å². The molecule has 0 radical (unpaired) electrons. The van der Waals surface area contributed by atoms with Crippen molar-refractivity contribution in [3.05, 3.63) is 40.6 Å². The van der Waals surface area contributed by atoms with E-state index in [4.69, 9.17) is 16.1 Å². The first kappa shape index (κ1) is 14.6. The third-order valence-corrected chi connectivity index (χ3v) is 4.26. The smallest absolute Gasteiger partial charge is 0.306 e. The van der Waals surface area contributed by atoms with Crippen LogP contribution < -0.4 is 0 Å². The van der Waals surface area contributed by atoms with Crippen molar-refractivity contribution >= 4 is 17.6 Å². The molecule has 2 atom stereocenters. The van der Waals surface area contributed by atoms with Gasteiger partial charge in [0.25, 0.3) is 0 Å². The highest BCUT2D eigenvalue weighted by Crippen LogP contribution is 2.39. The van der Waals surface area contributed by atoms with Crippen LogP contribution in [0.15, 0.2) is 28.8 Å². The number of carboxylic acids is 1. The number of fused-ring (bicyclic) bond motifs is 1. The number of halogens is 1. The van der Waals surface area contributed by atoms with E-state index in [0.717, 1.165) is 5.56 Å². The number of aliphatic carboxylic acids is 1. The van der Waals surface area contributed by atoms with Gasteiger partial charge in [-0.3, -0.25) is 4.79 Å².